The summed E-state index contributed by atoms with van der Waals surface area (Å²) in [7, 11) is 3.72. The lowest BCUT2D eigenvalue weighted by atomic mass is 10.4. The number of hydrogen-bond donors (Lipinski definition) is 1. The van der Waals surface area contributed by atoms with Gasteiger partial charge in [0.2, 0.25) is 11.9 Å². The maximum Gasteiger partial charge on any atom is 0.323 e. The Morgan fingerprint density at radius 3 is 2.56 bits per heavy atom. The highest BCUT2D eigenvalue weighted by Gasteiger charge is 2.09. The molecular weight excluding hydrogens is 206 g/mol. The zero-order valence-corrected chi connectivity index (χ0v) is 10.3. The van der Waals surface area contributed by atoms with Gasteiger partial charge in [-0.25, -0.2) is 0 Å². The molecule has 0 atom stereocenters. The van der Waals surface area contributed by atoms with Crippen molar-refractivity contribution in [2.45, 2.75) is 20.3 Å². The Morgan fingerprint density at radius 2 is 2.00 bits per heavy atom. The molecule has 90 valence electrons. The Kier molecular flexibility index (Phi) is 4.75. The molecule has 1 rings (SSSR count). The van der Waals surface area contributed by atoms with Crippen LogP contribution >= 0.6 is 0 Å². The summed E-state index contributed by atoms with van der Waals surface area (Å²) in [5.41, 5.74) is 0. The van der Waals surface area contributed by atoms with E-state index in [-0.39, 0.29) is 0 Å². The third kappa shape index (κ3) is 3.22. The Bertz CT molecular complexity index is 331. The highest BCUT2D eigenvalue weighted by Crippen LogP contribution is 2.13. The van der Waals surface area contributed by atoms with Crippen LogP contribution in [0.4, 0.5) is 11.9 Å². The Hall–Kier alpha value is -1.59. The van der Waals surface area contributed by atoms with Crippen molar-refractivity contribution in [1.29, 1.82) is 0 Å². The summed E-state index contributed by atoms with van der Waals surface area (Å²) in [6, 6.07) is 0.361. The van der Waals surface area contributed by atoms with Crippen LogP contribution in [0, 0.1) is 0 Å². The molecule has 1 aromatic rings. The van der Waals surface area contributed by atoms with Gasteiger partial charge in [0.05, 0.1) is 6.61 Å². The van der Waals surface area contributed by atoms with E-state index >= 15 is 0 Å². The molecule has 0 saturated carbocycles. The van der Waals surface area contributed by atoms with Gasteiger partial charge in [-0.05, 0) is 13.3 Å². The van der Waals surface area contributed by atoms with Crippen molar-refractivity contribution in [2.75, 3.05) is 37.5 Å². The Labute approximate surface area is 96.1 Å². The second-order valence-electron chi connectivity index (χ2n) is 3.35. The van der Waals surface area contributed by atoms with Crippen LogP contribution in [-0.4, -0.2) is 42.2 Å². The van der Waals surface area contributed by atoms with Gasteiger partial charge < -0.3 is 15.0 Å². The SMILES string of the molecule is CCCN(C)c1nc(NC)nc(OCC)n1. The summed E-state index contributed by atoms with van der Waals surface area (Å²) < 4.78 is 5.29. The lowest BCUT2D eigenvalue weighted by Crippen LogP contribution is -2.21. The van der Waals surface area contributed by atoms with E-state index in [1.165, 1.54) is 0 Å². The lowest BCUT2D eigenvalue weighted by Gasteiger charge is -2.16. The molecule has 6 nitrogen and oxygen atoms in total. The number of nitrogens with one attached hydrogen (secondary N) is 1. The third-order valence-corrected chi connectivity index (χ3v) is 2.00. The summed E-state index contributed by atoms with van der Waals surface area (Å²) >= 11 is 0. The minimum atomic E-state index is 0.361. The van der Waals surface area contributed by atoms with E-state index in [0.29, 0.717) is 24.5 Å². The number of anilines is 2. The first-order chi connectivity index (χ1) is 7.71. The molecule has 0 aliphatic heterocycles. The van der Waals surface area contributed by atoms with E-state index in [1.807, 2.05) is 18.9 Å². The second-order valence-corrected chi connectivity index (χ2v) is 3.35. The summed E-state index contributed by atoms with van der Waals surface area (Å²) in [6.45, 7) is 5.46. The van der Waals surface area contributed by atoms with Crippen LogP contribution in [0.2, 0.25) is 0 Å². The van der Waals surface area contributed by atoms with Crippen LogP contribution in [-0.2, 0) is 0 Å². The lowest BCUT2D eigenvalue weighted by molar-refractivity contribution is 0.312. The minimum absolute atomic E-state index is 0.361. The van der Waals surface area contributed by atoms with Crippen LogP contribution in [0.3, 0.4) is 0 Å². The molecule has 0 unspecified atom stereocenters. The molecular formula is C10H19N5O. The number of rotatable bonds is 6. The molecule has 0 spiro atoms. The topological polar surface area (TPSA) is 63.2 Å². The van der Waals surface area contributed by atoms with Crippen LogP contribution in [0.5, 0.6) is 6.01 Å². The molecule has 0 radical (unpaired) electrons. The van der Waals surface area contributed by atoms with Crippen LogP contribution in [0.15, 0.2) is 0 Å². The van der Waals surface area contributed by atoms with Crippen molar-refractivity contribution < 1.29 is 4.74 Å². The highest BCUT2D eigenvalue weighted by atomic mass is 16.5. The summed E-state index contributed by atoms with van der Waals surface area (Å²) in [6.07, 6.45) is 1.04. The highest BCUT2D eigenvalue weighted by molar-refractivity contribution is 5.37. The van der Waals surface area contributed by atoms with Gasteiger partial charge in [0.15, 0.2) is 0 Å². The molecule has 0 saturated heterocycles. The average molecular weight is 225 g/mol. The van der Waals surface area contributed by atoms with Crippen molar-refractivity contribution in [1.82, 2.24) is 15.0 Å². The number of hydrogen-bond acceptors (Lipinski definition) is 6. The zero-order valence-electron chi connectivity index (χ0n) is 10.3. The van der Waals surface area contributed by atoms with E-state index in [4.69, 9.17) is 4.74 Å². The van der Waals surface area contributed by atoms with Crippen LogP contribution < -0.4 is 15.0 Å². The molecule has 6 heteroatoms. The first-order valence-electron chi connectivity index (χ1n) is 5.49. The van der Waals surface area contributed by atoms with Crippen LogP contribution in [0.1, 0.15) is 20.3 Å². The quantitative estimate of drug-likeness (QED) is 0.783. The summed E-state index contributed by atoms with van der Waals surface area (Å²) in [5, 5.41) is 2.89. The number of nitrogens with zero attached hydrogens (tertiary/aromatic N) is 4. The molecule has 0 aliphatic rings. The number of ether oxygens (including phenoxy) is 1. The fourth-order valence-corrected chi connectivity index (χ4v) is 1.26. The molecule has 1 heterocycles. The Morgan fingerprint density at radius 1 is 1.25 bits per heavy atom. The first-order valence-corrected chi connectivity index (χ1v) is 5.49. The molecule has 1 aromatic heterocycles. The largest absolute Gasteiger partial charge is 0.464 e. The summed E-state index contributed by atoms with van der Waals surface area (Å²) in [4.78, 5) is 14.6. The van der Waals surface area contributed by atoms with E-state index in [0.717, 1.165) is 13.0 Å². The van der Waals surface area contributed by atoms with Gasteiger partial charge >= 0.3 is 6.01 Å². The fourth-order valence-electron chi connectivity index (χ4n) is 1.26. The Balaban J connectivity index is 2.93. The van der Waals surface area contributed by atoms with Crippen molar-refractivity contribution >= 4 is 11.9 Å². The van der Waals surface area contributed by atoms with E-state index < -0.39 is 0 Å². The van der Waals surface area contributed by atoms with Crippen LogP contribution in [0.25, 0.3) is 0 Å². The van der Waals surface area contributed by atoms with E-state index in [2.05, 4.69) is 27.2 Å². The first kappa shape index (κ1) is 12.5. The predicted molar refractivity (Wildman–Crippen MR) is 64.1 cm³/mol. The second kappa shape index (κ2) is 6.09. The van der Waals surface area contributed by atoms with Crippen molar-refractivity contribution in [3.63, 3.8) is 0 Å². The van der Waals surface area contributed by atoms with Gasteiger partial charge in [0.25, 0.3) is 0 Å². The maximum atomic E-state index is 5.29. The van der Waals surface area contributed by atoms with E-state index in [9.17, 15) is 0 Å². The monoisotopic (exact) mass is 225 g/mol. The van der Waals surface area contributed by atoms with Gasteiger partial charge in [-0.3, -0.25) is 0 Å². The molecule has 1 N–H and O–H groups in total. The normalized spacial score (nSPS) is 10.0. The molecule has 0 bridgehead atoms. The third-order valence-electron chi connectivity index (χ3n) is 2.00. The maximum absolute atomic E-state index is 5.29. The molecule has 0 fully saturated rings. The van der Waals surface area contributed by atoms with Crippen molar-refractivity contribution in [3.8, 4) is 6.01 Å². The van der Waals surface area contributed by atoms with Gasteiger partial charge in [-0.2, -0.15) is 15.0 Å². The smallest absolute Gasteiger partial charge is 0.323 e. The van der Waals surface area contributed by atoms with Gasteiger partial charge in [-0.15, -0.1) is 0 Å². The standard InChI is InChI=1S/C10H19N5O/c1-5-7-15(4)9-12-8(11-3)13-10(14-9)16-6-2/h5-7H2,1-4H3,(H,11,12,13,14). The van der Waals surface area contributed by atoms with Gasteiger partial charge in [0.1, 0.15) is 0 Å². The average Bonchev–Trinajstić information content (AvgIpc) is 2.29. The molecule has 0 amide bonds. The summed E-state index contributed by atoms with van der Waals surface area (Å²) in [5.74, 6) is 1.15. The fraction of sp³-hybridized carbons (Fsp3) is 0.700. The van der Waals surface area contributed by atoms with Gasteiger partial charge in [-0.1, -0.05) is 6.92 Å². The number of aromatic nitrogens is 3. The van der Waals surface area contributed by atoms with Gasteiger partial charge in [0, 0.05) is 20.6 Å². The molecule has 0 aliphatic carbocycles. The zero-order chi connectivity index (χ0) is 12.0. The van der Waals surface area contributed by atoms with Crippen molar-refractivity contribution in [2.24, 2.45) is 0 Å². The molecule has 16 heavy (non-hydrogen) atoms. The minimum Gasteiger partial charge on any atom is -0.464 e. The van der Waals surface area contributed by atoms with E-state index in [1.54, 1.807) is 7.05 Å². The molecule has 0 aromatic carbocycles. The van der Waals surface area contributed by atoms with Crippen molar-refractivity contribution in [3.05, 3.63) is 0 Å². The predicted octanol–water partition coefficient (Wildman–Crippen LogP) is 1.16.